The van der Waals surface area contributed by atoms with E-state index in [9.17, 15) is 9.59 Å². The van der Waals surface area contributed by atoms with E-state index in [0.717, 1.165) is 10.8 Å². The number of hydrogen-bond donors (Lipinski definition) is 1. The number of benzene rings is 3. The second-order valence-electron chi connectivity index (χ2n) is 6.20. The first-order chi connectivity index (χ1) is 13.5. The number of carbonyl (C=O) groups is 2. The van der Waals surface area contributed by atoms with Gasteiger partial charge in [-0.25, -0.2) is 4.79 Å². The third-order valence-corrected chi connectivity index (χ3v) is 4.64. The molecule has 3 aromatic rings. The van der Waals surface area contributed by atoms with Crippen LogP contribution in [0.4, 0.5) is 5.69 Å². The largest absolute Gasteiger partial charge is 0.481 e. The zero-order valence-electron chi connectivity index (χ0n) is 15.6. The van der Waals surface area contributed by atoms with Gasteiger partial charge < -0.3 is 14.8 Å². The first-order valence-electron chi connectivity index (χ1n) is 8.86. The van der Waals surface area contributed by atoms with Crippen LogP contribution in [0.25, 0.3) is 10.8 Å². The molecule has 5 nitrogen and oxygen atoms in total. The molecule has 1 amide bonds. The number of halogens is 1. The first-order valence-corrected chi connectivity index (χ1v) is 9.23. The lowest BCUT2D eigenvalue weighted by Crippen LogP contribution is -2.32. The lowest BCUT2D eigenvalue weighted by Gasteiger charge is -2.18. The fraction of sp³-hybridized carbons (Fsp3) is 0.182. The molecule has 0 aromatic heterocycles. The number of anilines is 1. The zero-order valence-corrected chi connectivity index (χ0v) is 16.3. The number of ether oxygens (including phenoxy) is 2. The van der Waals surface area contributed by atoms with Crippen LogP contribution < -0.4 is 10.1 Å². The van der Waals surface area contributed by atoms with Crippen molar-refractivity contribution in [3.05, 3.63) is 71.2 Å². The van der Waals surface area contributed by atoms with Gasteiger partial charge in [-0.1, -0.05) is 48.9 Å². The van der Waals surface area contributed by atoms with E-state index in [1.807, 2.05) is 49.4 Å². The molecule has 3 aromatic carbocycles. The summed E-state index contributed by atoms with van der Waals surface area (Å²) in [5, 5.41) is 5.18. The normalized spacial score (nSPS) is 11.7. The number of amides is 1. The molecule has 0 saturated carbocycles. The minimum absolute atomic E-state index is 0.297. The van der Waals surface area contributed by atoms with Gasteiger partial charge in [0.2, 0.25) is 0 Å². The Bertz CT molecular complexity index is 1020. The van der Waals surface area contributed by atoms with E-state index in [-0.39, 0.29) is 5.91 Å². The molecular formula is C22H20ClNO4. The maximum absolute atomic E-state index is 12.7. The number of fused-ring (bicyclic) bond motifs is 1. The molecular weight excluding hydrogens is 378 g/mol. The highest BCUT2D eigenvalue weighted by molar-refractivity contribution is 6.34. The van der Waals surface area contributed by atoms with E-state index >= 15 is 0 Å². The predicted octanol–water partition coefficient (Wildman–Crippen LogP) is 5.08. The summed E-state index contributed by atoms with van der Waals surface area (Å²) in [5.74, 6) is -0.249. The minimum Gasteiger partial charge on any atom is -0.481 e. The quantitative estimate of drug-likeness (QED) is 0.589. The van der Waals surface area contributed by atoms with Crippen molar-refractivity contribution < 1.29 is 19.1 Å². The number of rotatable bonds is 6. The van der Waals surface area contributed by atoms with Crippen LogP contribution in [0.2, 0.25) is 5.02 Å². The summed E-state index contributed by atoms with van der Waals surface area (Å²) in [4.78, 5) is 24.4. The second kappa shape index (κ2) is 8.76. The van der Waals surface area contributed by atoms with Gasteiger partial charge in [-0.3, -0.25) is 4.79 Å². The molecule has 0 fully saturated rings. The van der Waals surface area contributed by atoms with Gasteiger partial charge in [0, 0.05) is 0 Å². The third-order valence-electron chi connectivity index (χ3n) is 4.31. The van der Waals surface area contributed by atoms with Gasteiger partial charge in [-0.15, -0.1) is 0 Å². The minimum atomic E-state index is -0.709. The first kappa shape index (κ1) is 19.7. The average Bonchev–Trinajstić information content (AvgIpc) is 2.72. The Balaban J connectivity index is 1.77. The summed E-state index contributed by atoms with van der Waals surface area (Å²) >= 11 is 6.15. The second-order valence-corrected chi connectivity index (χ2v) is 6.61. The van der Waals surface area contributed by atoms with E-state index < -0.39 is 12.1 Å². The van der Waals surface area contributed by atoms with Crippen molar-refractivity contribution in [3.8, 4) is 5.75 Å². The Hall–Kier alpha value is -3.05. The van der Waals surface area contributed by atoms with E-state index in [1.54, 1.807) is 0 Å². The molecule has 28 heavy (non-hydrogen) atoms. The number of methoxy groups -OCH3 is 1. The topological polar surface area (TPSA) is 64.6 Å². The average molecular weight is 398 g/mol. The van der Waals surface area contributed by atoms with Crippen LogP contribution in [0.5, 0.6) is 5.75 Å². The molecule has 0 heterocycles. The Morgan fingerprint density at radius 1 is 1.04 bits per heavy atom. The van der Waals surface area contributed by atoms with Crippen LogP contribution in [-0.2, 0) is 9.53 Å². The summed E-state index contributed by atoms with van der Waals surface area (Å²) in [5.41, 5.74) is 0.626. The molecule has 0 spiro atoms. The predicted molar refractivity (Wildman–Crippen MR) is 110 cm³/mol. The maximum Gasteiger partial charge on any atom is 0.337 e. The molecule has 1 N–H and O–H groups in total. The Labute approximate surface area is 168 Å². The molecule has 0 radical (unpaired) electrons. The van der Waals surface area contributed by atoms with E-state index in [0.29, 0.717) is 28.4 Å². The summed E-state index contributed by atoms with van der Waals surface area (Å²) < 4.78 is 10.6. The zero-order chi connectivity index (χ0) is 20.1. The molecule has 144 valence electrons. The molecule has 3 rings (SSSR count). The molecule has 0 saturated heterocycles. The van der Waals surface area contributed by atoms with Crippen LogP contribution in [0.15, 0.2) is 60.7 Å². The van der Waals surface area contributed by atoms with E-state index in [1.165, 1.54) is 25.3 Å². The highest BCUT2D eigenvalue weighted by Crippen LogP contribution is 2.25. The van der Waals surface area contributed by atoms with Crippen LogP contribution in [-0.4, -0.2) is 25.1 Å². The summed E-state index contributed by atoms with van der Waals surface area (Å²) in [6, 6.07) is 18.2. The number of carbonyl (C=O) groups excluding carboxylic acids is 2. The molecule has 0 bridgehead atoms. The monoisotopic (exact) mass is 397 g/mol. The lowest BCUT2D eigenvalue weighted by atomic mass is 10.1. The van der Waals surface area contributed by atoms with Crippen molar-refractivity contribution in [2.75, 3.05) is 12.4 Å². The highest BCUT2D eigenvalue weighted by atomic mass is 35.5. The van der Waals surface area contributed by atoms with Gasteiger partial charge in [-0.05, 0) is 47.5 Å². The third kappa shape index (κ3) is 4.43. The van der Waals surface area contributed by atoms with Crippen LogP contribution in [0.3, 0.4) is 0 Å². The van der Waals surface area contributed by atoms with Gasteiger partial charge >= 0.3 is 5.97 Å². The van der Waals surface area contributed by atoms with Crippen LogP contribution in [0.1, 0.15) is 23.7 Å². The van der Waals surface area contributed by atoms with E-state index in [4.69, 9.17) is 21.1 Å². The Kier molecular flexibility index (Phi) is 6.16. The van der Waals surface area contributed by atoms with Gasteiger partial charge in [0.25, 0.3) is 5.91 Å². The molecule has 0 aliphatic heterocycles. The lowest BCUT2D eigenvalue weighted by molar-refractivity contribution is -0.122. The van der Waals surface area contributed by atoms with Crippen molar-refractivity contribution in [1.29, 1.82) is 0 Å². The van der Waals surface area contributed by atoms with Gasteiger partial charge in [0.1, 0.15) is 5.75 Å². The van der Waals surface area contributed by atoms with Gasteiger partial charge in [-0.2, -0.15) is 0 Å². The van der Waals surface area contributed by atoms with Crippen LogP contribution >= 0.6 is 11.6 Å². The standard InChI is InChI=1S/C22H20ClNO4/c1-3-20(28-17-10-8-14-6-4-5-7-15(14)12-17)21(25)24-19-13-16(22(26)27-2)9-11-18(19)23/h4-13,20H,3H2,1-2H3,(H,24,25)/t20-/m0/s1. The number of hydrogen-bond acceptors (Lipinski definition) is 4. The summed E-state index contributed by atoms with van der Waals surface area (Å²) in [6.45, 7) is 1.86. The van der Waals surface area contributed by atoms with Gasteiger partial charge in [0.15, 0.2) is 6.10 Å². The fourth-order valence-corrected chi connectivity index (χ4v) is 2.97. The van der Waals surface area contributed by atoms with Crippen molar-refractivity contribution in [2.45, 2.75) is 19.4 Å². The van der Waals surface area contributed by atoms with Crippen molar-refractivity contribution in [1.82, 2.24) is 0 Å². The maximum atomic E-state index is 12.7. The van der Waals surface area contributed by atoms with Crippen molar-refractivity contribution in [3.63, 3.8) is 0 Å². The van der Waals surface area contributed by atoms with E-state index in [2.05, 4.69) is 5.32 Å². The number of esters is 1. The number of nitrogens with one attached hydrogen (secondary N) is 1. The Morgan fingerprint density at radius 3 is 2.50 bits per heavy atom. The molecule has 1 atom stereocenters. The SMILES string of the molecule is CC[C@H](Oc1ccc2ccccc2c1)C(=O)Nc1cc(C(=O)OC)ccc1Cl. The fourth-order valence-electron chi connectivity index (χ4n) is 2.81. The van der Waals surface area contributed by atoms with Crippen molar-refractivity contribution in [2.24, 2.45) is 0 Å². The summed E-state index contributed by atoms with van der Waals surface area (Å²) in [7, 11) is 1.29. The smallest absolute Gasteiger partial charge is 0.337 e. The molecule has 0 aliphatic carbocycles. The highest BCUT2D eigenvalue weighted by Gasteiger charge is 2.20. The van der Waals surface area contributed by atoms with Crippen molar-refractivity contribution >= 4 is 39.9 Å². The van der Waals surface area contributed by atoms with Crippen LogP contribution in [0, 0.1) is 0 Å². The summed E-state index contributed by atoms with van der Waals surface area (Å²) in [6.07, 6.45) is -0.244. The Morgan fingerprint density at radius 2 is 1.79 bits per heavy atom. The molecule has 6 heteroatoms. The molecule has 0 unspecified atom stereocenters. The molecule has 0 aliphatic rings. The van der Waals surface area contributed by atoms with Gasteiger partial charge in [0.05, 0.1) is 23.4 Å².